The number of amides is 1. The Hall–Kier alpha value is -3.98. The number of nitrogens with two attached hydrogens (primary N) is 2. The molecule has 0 unspecified atom stereocenters. The smallest absolute Gasteiger partial charge is 0.355 e. The third-order valence-electron chi connectivity index (χ3n) is 4.37. The highest BCUT2D eigenvalue weighted by Crippen LogP contribution is 2.22. The average molecular weight is 389 g/mol. The van der Waals surface area contributed by atoms with Crippen molar-refractivity contribution in [1.29, 1.82) is 0 Å². The van der Waals surface area contributed by atoms with Gasteiger partial charge in [-0.25, -0.2) is 14.2 Å². The molecule has 0 fully saturated rings. The first-order valence-corrected chi connectivity index (χ1v) is 9.00. The van der Waals surface area contributed by atoms with E-state index in [9.17, 15) is 9.59 Å². The lowest BCUT2D eigenvalue weighted by atomic mass is 10.1. The molecule has 4 aromatic rings. The minimum atomic E-state index is -0.341. The first-order chi connectivity index (χ1) is 14.1. The molecule has 2 heterocycles. The third kappa shape index (κ3) is 3.58. The maximum absolute atomic E-state index is 12.8. The van der Waals surface area contributed by atoms with Gasteiger partial charge in [-0.2, -0.15) is 4.68 Å². The van der Waals surface area contributed by atoms with E-state index in [1.165, 1.54) is 9.08 Å². The van der Waals surface area contributed by atoms with E-state index in [0.29, 0.717) is 23.6 Å². The second kappa shape index (κ2) is 7.56. The van der Waals surface area contributed by atoms with Crippen LogP contribution >= 0.6 is 0 Å². The molecule has 2 aromatic carbocycles. The number of nitrogens with one attached hydrogen (secondary N) is 1. The first kappa shape index (κ1) is 18.4. The molecule has 0 bridgehead atoms. The van der Waals surface area contributed by atoms with Crippen LogP contribution in [-0.2, 0) is 4.79 Å². The number of fused-ring (bicyclic) bond motifs is 1. The number of carbonyl (C=O) groups excluding carboxylic acids is 1. The van der Waals surface area contributed by atoms with Gasteiger partial charge in [0.1, 0.15) is 0 Å². The van der Waals surface area contributed by atoms with Crippen LogP contribution in [-0.4, -0.2) is 31.6 Å². The van der Waals surface area contributed by atoms with E-state index in [1.807, 2.05) is 18.2 Å². The van der Waals surface area contributed by atoms with Gasteiger partial charge >= 0.3 is 5.69 Å². The predicted octanol–water partition coefficient (Wildman–Crippen LogP) is 1.42. The minimum Gasteiger partial charge on any atom is -0.381 e. The second-order valence-corrected chi connectivity index (χ2v) is 6.40. The van der Waals surface area contributed by atoms with Gasteiger partial charge in [-0.3, -0.25) is 4.79 Å². The van der Waals surface area contributed by atoms with Gasteiger partial charge in [0.15, 0.2) is 5.82 Å². The first-order valence-electron chi connectivity index (χ1n) is 9.00. The van der Waals surface area contributed by atoms with Gasteiger partial charge in [0.2, 0.25) is 11.6 Å². The molecule has 0 saturated heterocycles. The lowest BCUT2D eigenvalue weighted by molar-refractivity contribution is -0.116. The molecular weight excluding hydrogens is 370 g/mol. The Morgan fingerprint density at radius 2 is 1.79 bits per heavy atom. The van der Waals surface area contributed by atoms with Gasteiger partial charge in [-0.05, 0) is 24.3 Å². The summed E-state index contributed by atoms with van der Waals surface area (Å²) in [4.78, 5) is 28.8. The number of hydrogen-bond donors (Lipinski definition) is 3. The summed E-state index contributed by atoms with van der Waals surface area (Å²) in [6, 6.07) is 16.2. The molecule has 0 aliphatic carbocycles. The van der Waals surface area contributed by atoms with Crippen molar-refractivity contribution < 1.29 is 4.79 Å². The van der Waals surface area contributed by atoms with Crippen LogP contribution < -0.4 is 22.5 Å². The van der Waals surface area contributed by atoms with E-state index in [4.69, 9.17) is 11.5 Å². The Balaban J connectivity index is 1.71. The molecule has 0 saturated carbocycles. The molecule has 9 heteroatoms. The largest absolute Gasteiger partial charge is 0.381 e. The van der Waals surface area contributed by atoms with Crippen LogP contribution in [0.4, 0.5) is 11.5 Å². The quantitative estimate of drug-likeness (QED) is 0.473. The van der Waals surface area contributed by atoms with Gasteiger partial charge in [0, 0.05) is 30.4 Å². The standard InChI is InChI=1S/C20H19N7O2/c21-11-10-17(28)23-14-8-6-13(7-9-14)16-12-26-19(18(22)24-16)25-27(20(26)29)15-4-2-1-3-5-15/h1-9,12H,10-11,21H2,(H2,22,24)(H,23,28). The molecule has 146 valence electrons. The monoisotopic (exact) mass is 389 g/mol. The summed E-state index contributed by atoms with van der Waals surface area (Å²) in [7, 11) is 0. The summed E-state index contributed by atoms with van der Waals surface area (Å²) >= 11 is 0. The fourth-order valence-electron chi connectivity index (χ4n) is 2.96. The van der Waals surface area contributed by atoms with E-state index in [-0.39, 0.29) is 29.5 Å². The van der Waals surface area contributed by atoms with Crippen LogP contribution in [0, 0.1) is 0 Å². The molecule has 0 radical (unpaired) electrons. The topological polar surface area (TPSA) is 133 Å². The van der Waals surface area contributed by atoms with Gasteiger partial charge in [0.25, 0.3) is 0 Å². The number of para-hydroxylation sites is 1. The van der Waals surface area contributed by atoms with Crippen molar-refractivity contribution in [1.82, 2.24) is 19.2 Å². The van der Waals surface area contributed by atoms with Crippen LogP contribution in [0.5, 0.6) is 0 Å². The number of rotatable bonds is 5. The van der Waals surface area contributed by atoms with Crippen molar-refractivity contribution in [2.75, 3.05) is 17.6 Å². The van der Waals surface area contributed by atoms with Crippen molar-refractivity contribution >= 4 is 23.1 Å². The fourth-order valence-corrected chi connectivity index (χ4v) is 2.96. The van der Waals surface area contributed by atoms with E-state index in [1.54, 1.807) is 42.6 Å². The molecule has 9 nitrogen and oxygen atoms in total. The Labute approximate surface area is 165 Å². The van der Waals surface area contributed by atoms with Crippen molar-refractivity contribution in [2.45, 2.75) is 6.42 Å². The fraction of sp³-hybridized carbons (Fsp3) is 0.100. The number of hydrogen-bond acceptors (Lipinski definition) is 6. The summed E-state index contributed by atoms with van der Waals surface area (Å²) in [6.07, 6.45) is 1.85. The SMILES string of the molecule is NCCC(=O)Nc1ccc(-c2cn3c(=O)n(-c4ccccc4)nc3c(N)n2)cc1. The Morgan fingerprint density at radius 1 is 1.07 bits per heavy atom. The van der Waals surface area contributed by atoms with Crippen molar-refractivity contribution in [3.05, 3.63) is 71.3 Å². The highest BCUT2D eigenvalue weighted by Gasteiger charge is 2.14. The lowest BCUT2D eigenvalue weighted by Gasteiger charge is -2.07. The number of carbonyl (C=O) groups is 1. The van der Waals surface area contributed by atoms with Crippen LogP contribution in [0.2, 0.25) is 0 Å². The molecular formula is C20H19N7O2. The zero-order chi connectivity index (χ0) is 20.4. The molecule has 0 atom stereocenters. The van der Waals surface area contributed by atoms with E-state index in [0.717, 1.165) is 5.56 Å². The molecule has 0 aliphatic heterocycles. The highest BCUT2D eigenvalue weighted by atomic mass is 16.2. The maximum Gasteiger partial charge on any atom is 0.355 e. The summed E-state index contributed by atoms with van der Waals surface area (Å²) in [6.45, 7) is 0.290. The average Bonchev–Trinajstić information content (AvgIpc) is 3.07. The molecule has 0 aliphatic rings. The number of nitrogen functional groups attached to an aromatic ring is 1. The van der Waals surface area contributed by atoms with Crippen molar-refractivity contribution in [2.24, 2.45) is 5.73 Å². The van der Waals surface area contributed by atoms with Crippen LogP contribution in [0.25, 0.3) is 22.6 Å². The second-order valence-electron chi connectivity index (χ2n) is 6.40. The van der Waals surface area contributed by atoms with Crippen molar-refractivity contribution in [3.8, 4) is 16.9 Å². The molecule has 4 rings (SSSR count). The van der Waals surface area contributed by atoms with Crippen LogP contribution in [0.3, 0.4) is 0 Å². The van der Waals surface area contributed by atoms with Gasteiger partial charge in [0.05, 0.1) is 11.4 Å². The van der Waals surface area contributed by atoms with E-state index < -0.39 is 0 Å². The molecule has 1 amide bonds. The van der Waals surface area contributed by atoms with E-state index >= 15 is 0 Å². The predicted molar refractivity (Wildman–Crippen MR) is 111 cm³/mol. The van der Waals surface area contributed by atoms with Crippen LogP contribution in [0.15, 0.2) is 65.6 Å². The lowest BCUT2D eigenvalue weighted by Crippen LogP contribution is -2.19. The zero-order valence-electron chi connectivity index (χ0n) is 15.4. The Bertz CT molecular complexity index is 1230. The Morgan fingerprint density at radius 3 is 2.48 bits per heavy atom. The molecule has 2 aromatic heterocycles. The number of benzene rings is 2. The van der Waals surface area contributed by atoms with Gasteiger partial charge in [-0.1, -0.05) is 30.3 Å². The number of anilines is 2. The van der Waals surface area contributed by atoms with Crippen LogP contribution in [0.1, 0.15) is 6.42 Å². The van der Waals surface area contributed by atoms with Crippen molar-refractivity contribution in [3.63, 3.8) is 0 Å². The number of aromatic nitrogens is 4. The number of nitrogens with zero attached hydrogens (tertiary/aromatic N) is 4. The molecule has 29 heavy (non-hydrogen) atoms. The summed E-state index contributed by atoms with van der Waals surface area (Å²) in [5.74, 6) is -0.00137. The molecule has 5 N–H and O–H groups in total. The summed E-state index contributed by atoms with van der Waals surface area (Å²) in [5, 5.41) is 7.06. The molecule has 0 spiro atoms. The highest BCUT2D eigenvalue weighted by molar-refractivity contribution is 5.91. The van der Waals surface area contributed by atoms with Gasteiger partial charge < -0.3 is 16.8 Å². The maximum atomic E-state index is 12.8. The summed E-state index contributed by atoms with van der Waals surface area (Å²) < 4.78 is 2.66. The van der Waals surface area contributed by atoms with Gasteiger partial charge in [-0.15, -0.1) is 5.10 Å². The zero-order valence-corrected chi connectivity index (χ0v) is 15.4. The van der Waals surface area contributed by atoms with E-state index in [2.05, 4.69) is 15.4 Å². The Kier molecular flexibility index (Phi) is 4.80. The third-order valence-corrected chi connectivity index (χ3v) is 4.37. The normalized spacial score (nSPS) is 10.9. The summed E-state index contributed by atoms with van der Waals surface area (Å²) in [5.41, 5.74) is 13.9. The minimum absolute atomic E-state index is 0.148.